The minimum absolute atomic E-state index is 0.212. The normalized spacial score (nSPS) is 47.2. The van der Waals surface area contributed by atoms with Crippen molar-refractivity contribution in [2.24, 2.45) is 5.92 Å². The van der Waals surface area contributed by atoms with E-state index in [4.69, 9.17) is 5.26 Å². The molecule has 2 aliphatic rings. The maximum Gasteiger partial charge on any atom is 0.0763 e. The molecule has 3 heteroatoms. The summed E-state index contributed by atoms with van der Waals surface area (Å²) in [4.78, 5) is 0. The van der Waals surface area contributed by atoms with Gasteiger partial charge in [0.1, 0.15) is 0 Å². The van der Waals surface area contributed by atoms with Crippen LogP contribution in [0.1, 0.15) is 6.42 Å². The zero-order valence-electron chi connectivity index (χ0n) is 5.09. The van der Waals surface area contributed by atoms with E-state index in [0.717, 1.165) is 13.0 Å². The minimum Gasteiger partial charge on any atom is -0.299 e. The first-order chi connectivity index (χ1) is 4.40. The standard InChI is InChI=1S/C6H9N3/c7-2-4-1-5-3-8-6(4)9-5/h4-6,8-9H,1,3H2. The van der Waals surface area contributed by atoms with Crippen molar-refractivity contribution in [1.29, 1.82) is 5.26 Å². The molecule has 0 radical (unpaired) electrons. The Kier molecular flexibility index (Phi) is 0.981. The summed E-state index contributed by atoms with van der Waals surface area (Å²) in [6, 6.07) is 2.84. The van der Waals surface area contributed by atoms with Crippen molar-refractivity contribution in [2.75, 3.05) is 6.54 Å². The smallest absolute Gasteiger partial charge is 0.0763 e. The summed E-state index contributed by atoms with van der Waals surface area (Å²) in [6.45, 7) is 1.04. The summed E-state index contributed by atoms with van der Waals surface area (Å²) >= 11 is 0. The van der Waals surface area contributed by atoms with Crippen LogP contribution in [0.4, 0.5) is 0 Å². The molecule has 2 rings (SSSR count). The van der Waals surface area contributed by atoms with E-state index in [1.165, 1.54) is 0 Å². The van der Waals surface area contributed by atoms with Crippen LogP contribution in [0.15, 0.2) is 0 Å². The molecule has 0 aromatic carbocycles. The van der Waals surface area contributed by atoms with Crippen molar-refractivity contribution in [3.05, 3.63) is 0 Å². The van der Waals surface area contributed by atoms with E-state index in [0.29, 0.717) is 12.2 Å². The Morgan fingerprint density at radius 1 is 1.56 bits per heavy atom. The summed E-state index contributed by atoms with van der Waals surface area (Å²) < 4.78 is 0. The largest absolute Gasteiger partial charge is 0.299 e. The summed E-state index contributed by atoms with van der Waals surface area (Å²) in [7, 11) is 0. The molecule has 3 atom stereocenters. The van der Waals surface area contributed by atoms with Crippen molar-refractivity contribution in [2.45, 2.75) is 18.6 Å². The maximum atomic E-state index is 8.56. The van der Waals surface area contributed by atoms with Gasteiger partial charge in [-0.3, -0.25) is 10.6 Å². The Balaban J connectivity index is 2.12. The second-order valence-corrected chi connectivity index (χ2v) is 2.72. The number of rotatable bonds is 0. The van der Waals surface area contributed by atoms with Crippen LogP contribution in [-0.2, 0) is 0 Å². The van der Waals surface area contributed by atoms with Crippen LogP contribution >= 0.6 is 0 Å². The Labute approximate surface area is 54.0 Å². The lowest BCUT2D eigenvalue weighted by molar-refractivity contribution is 0.454. The van der Waals surface area contributed by atoms with Crippen LogP contribution in [0.2, 0.25) is 0 Å². The highest BCUT2D eigenvalue weighted by Gasteiger charge is 2.38. The molecule has 0 amide bonds. The van der Waals surface area contributed by atoms with Gasteiger partial charge in [-0.2, -0.15) is 5.26 Å². The molecule has 3 nitrogen and oxygen atoms in total. The van der Waals surface area contributed by atoms with Crippen molar-refractivity contribution >= 4 is 0 Å². The lowest BCUT2D eigenvalue weighted by atomic mass is 10.0. The van der Waals surface area contributed by atoms with Gasteiger partial charge in [-0.15, -0.1) is 0 Å². The molecule has 2 fully saturated rings. The monoisotopic (exact) mass is 123 g/mol. The van der Waals surface area contributed by atoms with Crippen molar-refractivity contribution in [1.82, 2.24) is 10.6 Å². The molecular weight excluding hydrogens is 114 g/mol. The molecule has 3 unspecified atom stereocenters. The predicted molar refractivity (Wildman–Crippen MR) is 32.4 cm³/mol. The number of fused-ring (bicyclic) bond motifs is 2. The highest BCUT2D eigenvalue weighted by Crippen LogP contribution is 2.22. The molecule has 2 aliphatic heterocycles. The average molecular weight is 123 g/mol. The van der Waals surface area contributed by atoms with Gasteiger partial charge in [-0.05, 0) is 6.42 Å². The Morgan fingerprint density at radius 2 is 2.44 bits per heavy atom. The molecule has 0 aromatic rings. The first kappa shape index (κ1) is 5.21. The number of nitriles is 1. The van der Waals surface area contributed by atoms with E-state index in [1.54, 1.807) is 0 Å². The minimum atomic E-state index is 0.212. The molecule has 9 heavy (non-hydrogen) atoms. The molecular formula is C6H9N3. The summed E-state index contributed by atoms with van der Waals surface area (Å²) in [5.74, 6) is 0.212. The van der Waals surface area contributed by atoms with Gasteiger partial charge in [-0.1, -0.05) is 0 Å². The average Bonchev–Trinajstić information content (AvgIpc) is 2.45. The van der Waals surface area contributed by atoms with Crippen LogP contribution in [0.3, 0.4) is 0 Å². The number of nitrogens with one attached hydrogen (secondary N) is 2. The van der Waals surface area contributed by atoms with E-state index in [-0.39, 0.29) is 5.92 Å². The SMILES string of the molecule is N#CC1CC2CNC1N2. The Hall–Kier alpha value is -0.590. The van der Waals surface area contributed by atoms with E-state index in [1.807, 2.05) is 0 Å². The quantitative estimate of drug-likeness (QED) is 0.453. The van der Waals surface area contributed by atoms with Crippen LogP contribution in [-0.4, -0.2) is 18.8 Å². The van der Waals surface area contributed by atoms with E-state index in [9.17, 15) is 0 Å². The van der Waals surface area contributed by atoms with Gasteiger partial charge in [-0.25, -0.2) is 0 Å². The lowest BCUT2D eigenvalue weighted by Crippen LogP contribution is -2.35. The molecule has 0 saturated carbocycles. The molecule has 0 spiro atoms. The van der Waals surface area contributed by atoms with E-state index < -0.39 is 0 Å². The van der Waals surface area contributed by atoms with Crippen molar-refractivity contribution < 1.29 is 0 Å². The van der Waals surface area contributed by atoms with Crippen LogP contribution in [0.25, 0.3) is 0 Å². The third kappa shape index (κ3) is 0.640. The molecule has 2 saturated heterocycles. The van der Waals surface area contributed by atoms with Crippen LogP contribution in [0, 0.1) is 17.2 Å². The summed E-state index contributed by atoms with van der Waals surface area (Å²) in [6.07, 6.45) is 1.33. The van der Waals surface area contributed by atoms with Crippen molar-refractivity contribution in [3.8, 4) is 6.07 Å². The van der Waals surface area contributed by atoms with Gasteiger partial charge in [0, 0.05) is 12.6 Å². The van der Waals surface area contributed by atoms with Gasteiger partial charge in [0.15, 0.2) is 0 Å². The van der Waals surface area contributed by atoms with Crippen LogP contribution < -0.4 is 10.6 Å². The zero-order chi connectivity index (χ0) is 6.27. The van der Waals surface area contributed by atoms with Gasteiger partial charge in [0.25, 0.3) is 0 Å². The molecule has 0 aliphatic carbocycles. The second-order valence-electron chi connectivity index (χ2n) is 2.72. The van der Waals surface area contributed by atoms with Crippen molar-refractivity contribution in [3.63, 3.8) is 0 Å². The predicted octanol–water partition coefficient (Wildman–Crippen LogP) is -0.583. The highest BCUT2D eigenvalue weighted by atomic mass is 15.2. The van der Waals surface area contributed by atoms with E-state index >= 15 is 0 Å². The fourth-order valence-electron chi connectivity index (χ4n) is 1.62. The molecule has 2 heterocycles. The number of piperidine rings is 1. The fourth-order valence-corrected chi connectivity index (χ4v) is 1.62. The molecule has 2 bridgehead atoms. The molecule has 48 valence electrons. The first-order valence-electron chi connectivity index (χ1n) is 3.29. The molecule has 0 aromatic heterocycles. The zero-order valence-corrected chi connectivity index (χ0v) is 5.09. The third-order valence-electron chi connectivity index (χ3n) is 2.11. The Morgan fingerprint density at radius 3 is 2.78 bits per heavy atom. The first-order valence-corrected chi connectivity index (χ1v) is 3.29. The lowest BCUT2D eigenvalue weighted by Gasteiger charge is -2.12. The summed E-state index contributed by atoms with van der Waals surface area (Å²) in [5.41, 5.74) is 0. The number of hydrogen-bond acceptors (Lipinski definition) is 3. The van der Waals surface area contributed by atoms with Gasteiger partial charge < -0.3 is 0 Å². The highest BCUT2D eigenvalue weighted by molar-refractivity contribution is 5.05. The van der Waals surface area contributed by atoms with Gasteiger partial charge in [0.05, 0.1) is 18.2 Å². The Bertz CT molecular complexity index is 160. The fraction of sp³-hybridized carbons (Fsp3) is 0.833. The van der Waals surface area contributed by atoms with Gasteiger partial charge in [0.2, 0.25) is 0 Å². The molecule has 2 N–H and O–H groups in total. The maximum absolute atomic E-state index is 8.56. The topological polar surface area (TPSA) is 47.9 Å². The number of hydrogen-bond donors (Lipinski definition) is 2. The van der Waals surface area contributed by atoms with Gasteiger partial charge >= 0.3 is 0 Å². The van der Waals surface area contributed by atoms with E-state index in [2.05, 4.69) is 16.7 Å². The second kappa shape index (κ2) is 1.69. The summed E-state index contributed by atoms with van der Waals surface area (Å²) in [5, 5.41) is 15.1. The van der Waals surface area contributed by atoms with Crippen LogP contribution in [0.5, 0.6) is 0 Å². The third-order valence-corrected chi connectivity index (χ3v) is 2.11. The number of nitrogens with zero attached hydrogens (tertiary/aromatic N) is 1.